The number of carbonyl (C=O) groups is 1. The van der Waals surface area contributed by atoms with E-state index in [1.165, 1.54) is 5.56 Å². The standard InChI is InChI=1S/C20H23NO3/c1-23-17-7-9-18(10-8-17)24-14-11-19(22)21-15-20(12-13-20)16-5-3-2-4-6-16/h2-10H,11-15H2,1H3,(H,21,22). The lowest BCUT2D eigenvalue weighted by atomic mass is 9.96. The third kappa shape index (κ3) is 4.07. The Balaban J connectivity index is 1.40. The van der Waals surface area contributed by atoms with Crippen molar-refractivity contribution < 1.29 is 14.3 Å². The Kier molecular flexibility index (Phi) is 5.04. The molecule has 0 saturated heterocycles. The summed E-state index contributed by atoms with van der Waals surface area (Å²) in [4.78, 5) is 12.0. The van der Waals surface area contributed by atoms with Crippen LogP contribution >= 0.6 is 0 Å². The molecule has 0 spiro atoms. The van der Waals surface area contributed by atoms with Crippen molar-refractivity contribution in [3.63, 3.8) is 0 Å². The zero-order valence-corrected chi connectivity index (χ0v) is 14.0. The number of methoxy groups -OCH3 is 1. The molecule has 3 rings (SSSR count). The van der Waals surface area contributed by atoms with Gasteiger partial charge < -0.3 is 14.8 Å². The number of ether oxygens (including phenoxy) is 2. The van der Waals surface area contributed by atoms with Crippen LogP contribution in [0.3, 0.4) is 0 Å². The van der Waals surface area contributed by atoms with Crippen LogP contribution in [0.25, 0.3) is 0 Å². The minimum absolute atomic E-state index is 0.0331. The van der Waals surface area contributed by atoms with Crippen LogP contribution in [0.2, 0.25) is 0 Å². The maximum atomic E-state index is 12.0. The molecule has 0 unspecified atom stereocenters. The van der Waals surface area contributed by atoms with Crippen molar-refractivity contribution in [2.45, 2.75) is 24.7 Å². The molecule has 0 atom stereocenters. The second-order valence-electron chi connectivity index (χ2n) is 6.20. The molecule has 1 aliphatic carbocycles. The van der Waals surface area contributed by atoms with Crippen LogP contribution < -0.4 is 14.8 Å². The van der Waals surface area contributed by atoms with E-state index in [1.54, 1.807) is 7.11 Å². The number of hydrogen-bond donors (Lipinski definition) is 1. The molecule has 0 heterocycles. The predicted octanol–water partition coefficient (Wildman–Crippen LogP) is 3.31. The van der Waals surface area contributed by atoms with Crippen LogP contribution in [0.1, 0.15) is 24.8 Å². The molecule has 0 bridgehead atoms. The van der Waals surface area contributed by atoms with Gasteiger partial charge in [0.1, 0.15) is 11.5 Å². The van der Waals surface area contributed by atoms with Crippen molar-refractivity contribution in [3.05, 3.63) is 60.2 Å². The highest BCUT2D eigenvalue weighted by atomic mass is 16.5. The average molecular weight is 325 g/mol. The van der Waals surface area contributed by atoms with E-state index in [1.807, 2.05) is 30.3 Å². The normalized spacial score (nSPS) is 14.7. The number of benzene rings is 2. The Hall–Kier alpha value is -2.49. The molecule has 24 heavy (non-hydrogen) atoms. The molecule has 2 aromatic carbocycles. The van der Waals surface area contributed by atoms with Crippen molar-refractivity contribution in [1.29, 1.82) is 0 Å². The molecule has 1 aliphatic rings. The summed E-state index contributed by atoms with van der Waals surface area (Å²) < 4.78 is 10.7. The van der Waals surface area contributed by atoms with Crippen LogP contribution in [0.15, 0.2) is 54.6 Å². The molecule has 0 aromatic heterocycles. The van der Waals surface area contributed by atoms with Crippen molar-refractivity contribution in [1.82, 2.24) is 5.32 Å². The van der Waals surface area contributed by atoms with E-state index >= 15 is 0 Å². The monoisotopic (exact) mass is 325 g/mol. The summed E-state index contributed by atoms with van der Waals surface area (Å²) in [5.74, 6) is 1.56. The number of rotatable bonds is 8. The van der Waals surface area contributed by atoms with Crippen LogP contribution in [0.5, 0.6) is 11.5 Å². The zero-order valence-electron chi connectivity index (χ0n) is 14.0. The Bertz CT molecular complexity index is 663. The Morgan fingerprint density at radius 2 is 1.71 bits per heavy atom. The van der Waals surface area contributed by atoms with E-state index in [0.717, 1.165) is 24.3 Å². The maximum absolute atomic E-state index is 12.0. The highest BCUT2D eigenvalue weighted by Gasteiger charge is 2.44. The van der Waals surface area contributed by atoms with Gasteiger partial charge in [0.2, 0.25) is 5.91 Å². The lowest BCUT2D eigenvalue weighted by Gasteiger charge is -2.16. The first kappa shape index (κ1) is 16.4. The van der Waals surface area contributed by atoms with Crippen LogP contribution in [-0.4, -0.2) is 26.2 Å². The molecular weight excluding hydrogens is 302 g/mol. The second kappa shape index (κ2) is 7.39. The number of carbonyl (C=O) groups excluding carboxylic acids is 1. The molecule has 1 saturated carbocycles. The van der Waals surface area contributed by atoms with Gasteiger partial charge in [0.05, 0.1) is 20.1 Å². The fraction of sp³-hybridized carbons (Fsp3) is 0.350. The molecule has 1 fully saturated rings. The van der Waals surface area contributed by atoms with Gasteiger partial charge >= 0.3 is 0 Å². The van der Waals surface area contributed by atoms with E-state index < -0.39 is 0 Å². The van der Waals surface area contributed by atoms with Gasteiger partial charge in [-0.3, -0.25) is 4.79 Å². The molecule has 126 valence electrons. The van der Waals surface area contributed by atoms with Gasteiger partial charge in [0, 0.05) is 12.0 Å². The van der Waals surface area contributed by atoms with Crippen molar-refractivity contribution in [3.8, 4) is 11.5 Å². The first-order valence-corrected chi connectivity index (χ1v) is 8.31. The van der Waals surface area contributed by atoms with Crippen LogP contribution in [-0.2, 0) is 10.2 Å². The fourth-order valence-corrected chi connectivity index (χ4v) is 2.80. The smallest absolute Gasteiger partial charge is 0.223 e. The van der Waals surface area contributed by atoms with Crippen molar-refractivity contribution in [2.24, 2.45) is 0 Å². The fourth-order valence-electron chi connectivity index (χ4n) is 2.80. The van der Waals surface area contributed by atoms with E-state index in [4.69, 9.17) is 9.47 Å². The molecule has 4 heteroatoms. The molecule has 4 nitrogen and oxygen atoms in total. The summed E-state index contributed by atoms with van der Waals surface area (Å²) in [7, 11) is 1.63. The topological polar surface area (TPSA) is 47.6 Å². The second-order valence-corrected chi connectivity index (χ2v) is 6.20. The SMILES string of the molecule is COc1ccc(OCCC(=O)NCC2(c3ccccc3)CC2)cc1. The predicted molar refractivity (Wildman–Crippen MR) is 93.5 cm³/mol. The molecule has 2 aromatic rings. The number of hydrogen-bond acceptors (Lipinski definition) is 3. The van der Waals surface area contributed by atoms with E-state index in [0.29, 0.717) is 19.6 Å². The van der Waals surface area contributed by atoms with E-state index in [2.05, 4.69) is 29.6 Å². The molecule has 0 radical (unpaired) electrons. The first-order valence-electron chi connectivity index (χ1n) is 8.31. The Morgan fingerprint density at radius 3 is 2.33 bits per heavy atom. The quantitative estimate of drug-likeness (QED) is 0.810. The minimum Gasteiger partial charge on any atom is -0.497 e. The largest absolute Gasteiger partial charge is 0.497 e. The molecule has 0 aliphatic heterocycles. The number of nitrogens with one attached hydrogen (secondary N) is 1. The highest BCUT2D eigenvalue weighted by molar-refractivity contribution is 5.76. The molecule has 1 amide bonds. The van der Waals surface area contributed by atoms with Gasteiger partial charge in [0.15, 0.2) is 0 Å². The minimum atomic E-state index is 0.0331. The Morgan fingerprint density at radius 1 is 1.04 bits per heavy atom. The van der Waals surface area contributed by atoms with Gasteiger partial charge in [-0.2, -0.15) is 0 Å². The number of amides is 1. The summed E-state index contributed by atoms with van der Waals surface area (Å²) in [5, 5.41) is 3.05. The van der Waals surface area contributed by atoms with Crippen LogP contribution in [0.4, 0.5) is 0 Å². The third-order valence-electron chi connectivity index (χ3n) is 4.52. The third-order valence-corrected chi connectivity index (χ3v) is 4.52. The summed E-state index contributed by atoms with van der Waals surface area (Å²) in [6, 6.07) is 17.8. The van der Waals surface area contributed by atoms with Gasteiger partial charge in [0.25, 0.3) is 0 Å². The average Bonchev–Trinajstić information content (AvgIpc) is 3.43. The summed E-state index contributed by atoms with van der Waals surface area (Å²) in [5.41, 5.74) is 1.47. The zero-order chi connectivity index (χ0) is 16.8. The lowest BCUT2D eigenvalue weighted by molar-refractivity contribution is -0.121. The summed E-state index contributed by atoms with van der Waals surface area (Å²) in [6.07, 6.45) is 2.64. The first-order chi connectivity index (χ1) is 11.7. The maximum Gasteiger partial charge on any atom is 0.223 e. The van der Waals surface area contributed by atoms with Gasteiger partial charge in [-0.15, -0.1) is 0 Å². The molecule has 1 N–H and O–H groups in total. The van der Waals surface area contributed by atoms with Gasteiger partial charge in [-0.05, 0) is 42.7 Å². The van der Waals surface area contributed by atoms with E-state index in [-0.39, 0.29) is 11.3 Å². The Labute approximate surface area is 142 Å². The van der Waals surface area contributed by atoms with E-state index in [9.17, 15) is 4.79 Å². The van der Waals surface area contributed by atoms with Crippen molar-refractivity contribution in [2.75, 3.05) is 20.3 Å². The summed E-state index contributed by atoms with van der Waals surface area (Å²) >= 11 is 0. The van der Waals surface area contributed by atoms with Gasteiger partial charge in [-0.25, -0.2) is 0 Å². The van der Waals surface area contributed by atoms with Crippen LogP contribution in [0, 0.1) is 0 Å². The van der Waals surface area contributed by atoms with Crippen molar-refractivity contribution >= 4 is 5.91 Å². The highest BCUT2D eigenvalue weighted by Crippen LogP contribution is 2.47. The lowest BCUT2D eigenvalue weighted by Crippen LogP contribution is -2.32. The van der Waals surface area contributed by atoms with Gasteiger partial charge in [-0.1, -0.05) is 30.3 Å². The summed E-state index contributed by atoms with van der Waals surface area (Å²) in [6.45, 7) is 1.08. The molecular formula is C20H23NO3.